The van der Waals surface area contributed by atoms with Gasteiger partial charge in [0.05, 0.1) is 5.60 Å². The van der Waals surface area contributed by atoms with E-state index >= 15 is 0 Å². The summed E-state index contributed by atoms with van der Waals surface area (Å²) in [6.07, 6.45) is 2.50. The van der Waals surface area contributed by atoms with Crippen molar-refractivity contribution in [3.63, 3.8) is 0 Å². The average Bonchev–Trinajstić information content (AvgIpc) is 2.51. The molecule has 1 aromatic carbocycles. The first-order valence-electron chi connectivity index (χ1n) is 7.65. The van der Waals surface area contributed by atoms with Crippen LogP contribution in [0.4, 0.5) is 5.69 Å². The Balaban J connectivity index is 2.49. The summed E-state index contributed by atoms with van der Waals surface area (Å²) in [6, 6.07) is 7.39. The minimum atomic E-state index is -1.02. The number of rotatable bonds is 7. The minimum Gasteiger partial charge on any atom is -0.388 e. The Morgan fingerprint density at radius 3 is 2.35 bits per heavy atom. The topological polar surface area (TPSA) is 78.4 Å². The van der Waals surface area contributed by atoms with E-state index in [9.17, 15) is 14.7 Å². The van der Waals surface area contributed by atoms with Gasteiger partial charge in [0.25, 0.3) is 0 Å². The molecule has 0 aliphatic carbocycles. The van der Waals surface area contributed by atoms with Crippen LogP contribution >= 0.6 is 11.8 Å². The fourth-order valence-corrected chi connectivity index (χ4v) is 2.54. The number of hydrogen-bond acceptors (Lipinski definition) is 4. The van der Waals surface area contributed by atoms with Crippen LogP contribution in [0.1, 0.15) is 38.7 Å². The van der Waals surface area contributed by atoms with Crippen LogP contribution in [0.15, 0.2) is 24.3 Å². The van der Waals surface area contributed by atoms with E-state index in [1.807, 2.05) is 18.4 Å². The van der Waals surface area contributed by atoms with Crippen LogP contribution in [0.2, 0.25) is 0 Å². The minimum absolute atomic E-state index is 0.0477. The van der Waals surface area contributed by atoms with E-state index in [0.717, 1.165) is 11.3 Å². The van der Waals surface area contributed by atoms with Gasteiger partial charge in [-0.15, -0.1) is 0 Å². The van der Waals surface area contributed by atoms with Gasteiger partial charge in [-0.25, -0.2) is 0 Å². The Morgan fingerprint density at radius 2 is 1.83 bits per heavy atom. The first-order chi connectivity index (χ1) is 10.7. The van der Waals surface area contributed by atoms with Crippen LogP contribution in [0.3, 0.4) is 0 Å². The maximum Gasteiger partial charge on any atom is 0.313 e. The van der Waals surface area contributed by atoms with E-state index in [-0.39, 0.29) is 6.54 Å². The number of carbonyl (C=O) groups is 2. The summed E-state index contributed by atoms with van der Waals surface area (Å²) in [5.41, 5.74) is 0.721. The molecule has 0 radical (unpaired) electrons. The maximum atomic E-state index is 11.9. The predicted molar refractivity (Wildman–Crippen MR) is 95.8 cm³/mol. The number of anilines is 1. The zero-order chi connectivity index (χ0) is 17.5. The lowest BCUT2D eigenvalue weighted by atomic mass is 10.0. The van der Waals surface area contributed by atoms with Crippen molar-refractivity contribution in [3.05, 3.63) is 29.8 Å². The van der Waals surface area contributed by atoms with Gasteiger partial charge in [0, 0.05) is 12.2 Å². The summed E-state index contributed by atoms with van der Waals surface area (Å²) < 4.78 is 0. The van der Waals surface area contributed by atoms with E-state index < -0.39 is 17.4 Å². The van der Waals surface area contributed by atoms with Gasteiger partial charge >= 0.3 is 11.8 Å². The number of hydrogen-bond donors (Lipinski definition) is 3. The second-order valence-electron chi connectivity index (χ2n) is 6.15. The zero-order valence-corrected chi connectivity index (χ0v) is 15.0. The van der Waals surface area contributed by atoms with Gasteiger partial charge in [0.2, 0.25) is 0 Å². The molecule has 0 aliphatic rings. The maximum absolute atomic E-state index is 11.9. The van der Waals surface area contributed by atoms with Crippen LogP contribution in [0.25, 0.3) is 0 Å². The summed E-state index contributed by atoms with van der Waals surface area (Å²) in [5, 5.41) is 15.1. The molecule has 1 aromatic rings. The molecule has 23 heavy (non-hydrogen) atoms. The highest BCUT2D eigenvalue weighted by atomic mass is 32.2. The summed E-state index contributed by atoms with van der Waals surface area (Å²) in [4.78, 5) is 23.7. The van der Waals surface area contributed by atoms with Gasteiger partial charge in [-0.3, -0.25) is 9.59 Å². The van der Waals surface area contributed by atoms with E-state index in [1.165, 1.54) is 0 Å². The van der Waals surface area contributed by atoms with Crippen molar-refractivity contribution >= 4 is 29.3 Å². The fraction of sp³-hybridized carbons (Fsp3) is 0.529. The van der Waals surface area contributed by atoms with Crippen molar-refractivity contribution in [2.75, 3.05) is 23.9 Å². The predicted octanol–water partition coefficient (Wildman–Crippen LogP) is 2.37. The molecule has 0 bridgehead atoms. The first kappa shape index (κ1) is 19.5. The van der Waals surface area contributed by atoms with Crippen molar-refractivity contribution in [1.82, 2.24) is 5.32 Å². The van der Waals surface area contributed by atoms with E-state index in [1.54, 1.807) is 30.8 Å². The third-order valence-corrected chi connectivity index (χ3v) is 4.13. The highest BCUT2D eigenvalue weighted by Crippen LogP contribution is 2.17. The molecule has 0 aliphatic heterocycles. The zero-order valence-electron chi connectivity index (χ0n) is 14.2. The summed E-state index contributed by atoms with van der Waals surface area (Å²) in [6.45, 7) is 5.87. The van der Waals surface area contributed by atoms with Crippen molar-refractivity contribution in [2.45, 2.75) is 38.7 Å². The Morgan fingerprint density at radius 1 is 1.22 bits per heavy atom. The van der Waals surface area contributed by atoms with Crippen molar-refractivity contribution in [3.8, 4) is 0 Å². The Hall–Kier alpha value is -1.53. The van der Waals surface area contributed by atoms with E-state index in [2.05, 4.69) is 24.5 Å². The number of nitrogens with one attached hydrogen (secondary N) is 2. The van der Waals surface area contributed by atoms with Gasteiger partial charge < -0.3 is 15.7 Å². The monoisotopic (exact) mass is 338 g/mol. The van der Waals surface area contributed by atoms with E-state index in [4.69, 9.17) is 0 Å². The summed E-state index contributed by atoms with van der Waals surface area (Å²) in [5.74, 6) is -0.283. The lowest BCUT2D eigenvalue weighted by Crippen LogP contribution is -2.44. The first-order valence-corrected chi connectivity index (χ1v) is 9.05. The molecule has 0 fully saturated rings. The number of benzene rings is 1. The van der Waals surface area contributed by atoms with Gasteiger partial charge in [0.15, 0.2) is 0 Å². The average molecular weight is 338 g/mol. The fourth-order valence-electron chi connectivity index (χ4n) is 1.90. The number of thioether (sulfide) groups is 1. The largest absolute Gasteiger partial charge is 0.388 e. The van der Waals surface area contributed by atoms with Crippen molar-refractivity contribution in [1.29, 1.82) is 0 Å². The molecule has 0 saturated carbocycles. The van der Waals surface area contributed by atoms with Crippen LogP contribution in [0.5, 0.6) is 0 Å². The Labute approximate surface area is 142 Å². The van der Waals surface area contributed by atoms with Gasteiger partial charge in [-0.05, 0) is 49.0 Å². The molecular formula is C17H26N2O3S. The molecule has 0 aromatic heterocycles. The second-order valence-corrected chi connectivity index (χ2v) is 7.14. The third-order valence-electron chi connectivity index (χ3n) is 3.52. The van der Waals surface area contributed by atoms with Gasteiger partial charge in [0.1, 0.15) is 0 Å². The standard InChI is InChI=1S/C17H26N2O3S/c1-12(2)13-5-7-14(8-6-13)19-16(21)15(20)18-11-17(3,22)9-10-23-4/h5-8,12,22H,9-11H2,1-4H3,(H,18,20)(H,19,21)/t17-/m0/s1. The molecule has 5 nitrogen and oxygen atoms in total. The molecule has 1 rings (SSSR count). The molecular weight excluding hydrogens is 312 g/mol. The Bertz CT molecular complexity index is 527. The van der Waals surface area contributed by atoms with E-state index in [0.29, 0.717) is 18.0 Å². The summed E-state index contributed by atoms with van der Waals surface area (Å²) >= 11 is 1.62. The van der Waals surface area contributed by atoms with Crippen LogP contribution < -0.4 is 10.6 Å². The molecule has 128 valence electrons. The second kappa shape index (κ2) is 8.93. The van der Waals surface area contributed by atoms with Crippen LogP contribution in [0, 0.1) is 0 Å². The normalized spacial score (nSPS) is 13.5. The van der Waals surface area contributed by atoms with Crippen LogP contribution in [-0.2, 0) is 9.59 Å². The van der Waals surface area contributed by atoms with Gasteiger partial charge in [-0.1, -0.05) is 26.0 Å². The Kier molecular flexibility index (Phi) is 7.58. The molecule has 6 heteroatoms. The lowest BCUT2D eigenvalue weighted by molar-refractivity contribution is -0.136. The molecule has 0 heterocycles. The molecule has 0 unspecified atom stereocenters. The molecule has 0 saturated heterocycles. The summed E-state index contributed by atoms with van der Waals surface area (Å²) in [7, 11) is 0. The lowest BCUT2D eigenvalue weighted by Gasteiger charge is -2.23. The van der Waals surface area contributed by atoms with Crippen molar-refractivity contribution in [2.24, 2.45) is 0 Å². The van der Waals surface area contributed by atoms with Gasteiger partial charge in [-0.2, -0.15) is 11.8 Å². The number of carbonyl (C=O) groups excluding carboxylic acids is 2. The molecule has 1 atom stereocenters. The SMILES string of the molecule is CSCC[C@](C)(O)CNC(=O)C(=O)Nc1ccc(C(C)C)cc1. The van der Waals surface area contributed by atoms with Crippen LogP contribution in [-0.4, -0.2) is 41.1 Å². The highest BCUT2D eigenvalue weighted by Gasteiger charge is 2.22. The number of amides is 2. The molecule has 3 N–H and O–H groups in total. The highest BCUT2D eigenvalue weighted by molar-refractivity contribution is 7.98. The number of aliphatic hydroxyl groups is 1. The smallest absolute Gasteiger partial charge is 0.313 e. The molecule has 2 amide bonds. The van der Waals surface area contributed by atoms with Crippen molar-refractivity contribution < 1.29 is 14.7 Å². The molecule has 0 spiro atoms. The third kappa shape index (κ3) is 7.05. The quantitative estimate of drug-likeness (QED) is 0.667.